The van der Waals surface area contributed by atoms with Crippen LogP contribution in [0.5, 0.6) is 0 Å². The standard InChI is InChI=1S/C29H30N12/c1-40(20-3-21-41(2)27-14-10-25(11-15-27)37-39-29-32-18-19-33-29)26-12-8-24(9-13-26)35-34-22-4-6-23(7-5-22)36-38-28-30-16-17-31-28/h4-19H,3,20-21H2,1-2H3,(H,30,31)(H,32,33)/b35-34+,38-36+,39-37+. The molecule has 0 amide bonds. The van der Waals surface area contributed by atoms with Crippen molar-refractivity contribution in [1.82, 2.24) is 19.9 Å². The van der Waals surface area contributed by atoms with Crippen molar-refractivity contribution < 1.29 is 0 Å². The maximum Gasteiger partial charge on any atom is 0.246 e. The van der Waals surface area contributed by atoms with Crippen LogP contribution >= 0.6 is 0 Å². The van der Waals surface area contributed by atoms with Gasteiger partial charge in [-0.3, -0.25) is 0 Å². The Hall–Kier alpha value is -5.52. The second-order valence-corrected chi connectivity index (χ2v) is 9.17. The summed E-state index contributed by atoms with van der Waals surface area (Å²) in [5.41, 5.74) is 5.27. The second kappa shape index (κ2) is 13.5. The fraction of sp³-hybridized carbons (Fsp3) is 0.172. The highest BCUT2D eigenvalue weighted by Crippen LogP contribution is 2.25. The van der Waals surface area contributed by atoms with Gasteiger partial charge in [0.25, 0.3) is 0 Å². The Morgan fingerprint density at radius 3 is 1.20 bits per heavy atom. The van der Waals surface area contributed by atoms with Crippen LogP contribution in [0.4, 0.5) is 46.0 Å². The third-order valence-corrected chi connectivity index (χ3v) is 6.19. The third-order valence-electron chi connectivity index (χ3n) is 6.19. The molecule has 0 saturated heterocycles. The van der Waals surface area contributed by atoms with Gasteiger partial charge in [0.15, 0.2) is 0 Å². The van der Waals surface area contributed by atoms with E-state index in [0.717, 1.165) is 47.9 Å². The Kier molecular flexibility index (Phi) is 8.92. The molecule has 0 fully saturated rings. The maximum atomic E-state index is 4.36. The van der Waals surface area contributed by atoms with Crippen LogP contribution in [-0.4, -0.2) is 47.1 Å². The van der Waals surface area contributed by atoms with Gasteiger partial charge in [0.2, 0.25) is 11.9 Å². The minimum atomic E-state index is 0.462. The lowest BCUT2D eigenvalue weighted by Gasteiger charge is -2.23. The summed E-state index contributed by atoms with van der Waals surface area (Å²) in [5.74, 6) is 0.950. The number of imidazole rings is 2. The molecule has 0 atom stereocenters. The SMILES string of the molecule is CN(CCCN(C)c1ccc(/N=N/c2ncc[nH]2)cc1)c1ccc(/N=N/c2ccc(/N=N/c3ncc[nH]3)cc2)cc1. The van der Waals surface area contributed by atoms with E-state index in [2.05, 4.69) is 98.8 Å². The van der Waals surface area contributed by atoms with Crippen molar-refractivity contribution in [3.63, 3.8) is 0 Å². The van der Waals surface area contributed by atoms with E-state index >= 15 is 0 Å². The average molecular weight is 547 g/mol. The first-order valence-corrected chi connectivity index (χ1v) is 13.1. The Labute approximate surface area is 237 Å². The number of nitrogens with one attached hydrogen (secondary N) is 2. The average Bonchev–Trinajstić information content (AvgIpc) is 3.74. The molecule has 12 nitrogen and oxygen atoms in total. The molecule has 3 aromatic carbocycles. The first-order valence-electron chi connectivity index (χ1n) is 13.1. The van der Waals surface area contributed by atoms with Gasteiger partial charge in [0, 0.05) is 63.3 Å². The highest BCUT2D eigenvalue weighted by atomic mass is 15.2. The molecule has 0 aliphatic carbocycles. The Bertz CT molecular complexity index is 1550. The Balaban J connectivity index is 1.06. The predicted octanol–water partition coefficient (Wildman–Crippen LogP) is 8.34. The van der Waals surface area contributed by atoms with Gasteiger partial charge in [-0.25, -0.2) is 9.97 Å². The van der Waals surface area contributed by atoms with Crippen LogP contribution in [0.3, 0.4) is 0 Å². The highest BCUT2D eigenvalue weighted by Gasteiger charge is 2.05. The summed E-state index contributed by atoms with van der Waals surface area (Å²) in [6.07, 6.45) is 7.70. The van der Waals surface area contributed by atoms with Crippen molar-refractivity contribution in [3.05, 3.63) is 97.6 Å². The fourth-order valence-corrected chi connectivity index (χ4v) is 3.89. The van der Waals surface area contributed by atoms with Crippen molar-refractivity contribution in [2.24, 2.45) is 30.7 Å². The van der Waals surface area contributed by atoms with E-state index in [-0.39, 0.29) is 0 Å². The number of rotatable bonds is 12. The minimum Gasteiger partial charge on any atom is -0.375 e. The molecule has 2 heterocycles. The molecule has 0 spiro atoms. The van der Waals surface area contributed by atoms with E-state index in [0.29, 0.717) is 17.6 Å². The Morgan fingerprint density at radius 2 is 0.854 bits per heavy atom. The third kappa shape index (κ3) is 7.99. The summed E-state index contributed by atoms with van der Waals surface area (Å²) >= 11 is 0. The first kappa shape index (κ1) is 27.1. The number of hydrogen-bond acceptors (Lipinski definition) is 10. The molecular weight excluding hydrogens is 516 g/mol. The largest absolute Gasteiger partial charge is 0.375 e. The predicted molar refractivity (Wildman–Crippen MR) is 160 cm³/mol. The molecule has 206 valence electrons. The van der Waals surface area contributed by atoms with Gasteiger partial charge < -0.3 is 19.8 Å². The zero-order valence-corrected chi connectivity index (χ0v) is 22.8. The molecule has 0 aliphatic heterocycles. The lowest BCUT2D eigenvalue weighted by atomic mass is 10.2. The van der Waals surface area contributed by atoms with Gasteiger partial charge >= 0.3 is 0 Å². The van der Waals surface area contributed by atoms with Crippen molar-refractivity contribution in [3.8, 4) is 0 Å². The molecule has 0 radical (unpaired) electrons. The van der Waals surface area contributed by atoms with E-state index in [4.69, 9.17) is 0 Å². The second-order valence-electron chi connectivity index (χ2n) is 9.17. The number of aromatic nitrogens is 4. The smallest absolute Gasteiger partial charge is 0.246 e. The zero-order chi connectivity index (χ0) is 28.3. The Morgan fingerprint density at radius 1 is 0.512 bits per heavy atom. The van der Waals surface area contributed by atoms with Crippen LogP contribution in [0.25, 0.3) is 0 Å². The summed E-state index contributed by atoms with van der Waals surface area (Å²) < 4.78 is 0. The topological polar surface area (TPSA) is 138 Å². The van der Waals surface area contributed by atoms with Crippen molar-refractivity contribution in [2.45, 2.75) is 6.42 Å². The molecule has 2 aromatic heterocycles. The molecule has 2 N–H and O–H groups in total. The van der Waals surface area contributed by atoms with Gasteiger partial charge in [0.05, 0.1) is 22.7 Å². The van der Waals surface area contributed by atoms with Gasteiger partial charge in [-0.05, 0) is 79.2 Å². The van der Waals surface area contributed by atoms with Crippen LogP contribution < -0.4 is 9.80 Å². The monoisotopic (exact) mass is 546 g/mol. The minimum absolute atomic E-state index is 0.462. The van der Waals surface area contributed by atoms with E-state index in [1.54, 1.807) is 24.8 Å². The summed E-state index contributed by atoms with van der Waals surface area (Å²) in [7, 11) is 4.19. The van der Waals surface area contributed by atoms with Crippen LogP contribution in [0, 0.1) is 0 Å². The molecule has 0 bridgehead atoms. The van der Waals surface area contributed by atoms with E-state index in [9.17, 15) is 0 Å². The molecule has 12 heteroatoms. The molecule has 0 saturated carbocycles. The summed E-state index contributed by atoms with van der Waals surface area (Å²) in [4.78, 5) is 18.3. The molecular formula is C29H30N12. The fourth-order valence-electron chi connectivity index (χ4n) is 3.89. The van der Waals surface area contributed by atoms with Crippen molar-refractivity contribution in [1.29, 1.82) is 0 Å². The summed E-state index contributed by atoms with van der Waals surface area (Å²) in [5, 5.41) is 25.1. The van der Waals surface area contributed by atoms with Gasteiger partial charge in [-0.1, -0.05) is 0 Å². The summed E-state index contributed by atoms with van der Waals surface area (Å²) in [6.45, 7) is 1.84. The first-order chi connectivity index (χ1) is 20.1. The van der Waals surface area contributed by atoms with Gasteiger partial charge in [-0.2, -0.15) is 10.2 Å². The normalized spacial score (nSPS) is 11.7. The van der Waals surface area contributed by atoms with Crippen LogP contribution in [0.1, 0.15) is 6.42 Å². The van der Waals surface area contributed by atoms with Crippen molar-refractivity contribution >= 4 is 46.0 Å². The zero-order valence-electron chi connectivity index (χ0n) is 22.8. The van der Waals surface area contributed by atoms with Gasteiger partial charge in [0.1, 0.15) is 0 Å². The number of benzene rings is 3. The van der Waals surface area contributed by atoms with Crippen LogP contribution in [-0.2, 0) is 0 Å². The molecule has 41 heavy (non-hydrogen) atoms. The van der Waals surface area contributed by atoms with Gasteiger partial charge in [-0.15, -0.1) is 20.5 Å². The maximum absolute atomic E-state index is 4.36. The number of aromatic amines is 2. The van der Waals surface area contributed by atoms with Crippen LogP contribution in [0.2, 0.25) is 0 Å². The molecule has 5 aromatic rings. The number of H-pyrrole nitrogens is 2. The number of nitrogens with zero attached hydrogens (tertiary/aromatic N) is 10. The molecule has 0 aliphatic rings. The highest BCUT2D eigenvalue weighted by molar-refractivity contribution is 5.54. The van der Waals surface area contributed by atoms with E-state index < -0.39 is 0 Å². The number of anilines is 2. The van der Waals surface area contributed by atoms with E-state index in [1.807, 2.05) is 48.5 Å². The molecule has 0 unspecified atom stereocenters. The van der Waals surface area contributed by atoms with Crippen molar-refractivity contribution in [2.75, 3.05) is 37.0 Å². The quantitative estimate of drug-likeness (QED) is 0.152. The summed E-state index contributed by atoms with van der Waals surface area (Å²) in [6, 6.07) is 23.4. The number of hydrogen-bond donors (Lipinski definition) is 2. The number of azo groups is 3. The van der Waals surface area contributed by atoms with E-state index in [1.165, 1.54) is 0 Å². The lowest BCUT2D eigenvalue weighted by Crippen LogP contribution is -2.25. The van der Waals surface area contributed by atoms with Crippen LogP contribution in [0.15, 0.2) is 128 Å². The molecule has 5 rings (SSSR count). The lowest BCUT2D eigenvalue weighted by molar-refractivity contribution is 0.763.